The molecule has 1 aliphatic rings. The Hall–Kier alpha value is -0.960. The number of rotatable bonds is 13. The highest BCUT2D eigenvalue weighted by molar-refractivity contribution is 5.81. The van der Waals surface area contributed by atoms with Gasteiger partial charge in [0.1, 0.15) is 12.1 Å². The first-order valence-electron chi connectivity index (χ1n) is 11.6. The fraction of sp³-hybridized carbons (Fsp3) is 0.840. The number of carbonyl (C=O) groups excluding carboxylic acids is 2. The van der Waals surface area contributed by atoms with Crippen LogP contribution in [-0.2, 0) is 14.3 Å². The van der Waals surface area contributed by atoms with Crippen LogP contribution in [0.4, 0.5) is 0 Å². The van der Waals surface area contributed by atoms with Crippen molar-refractivity contribution in [2.24, 2.45) is 11.8 Å². The van der Waals surface area contributed by atoms with Gasteiger partial charge in [-0.1, -0.05) is 78.2 Å². The largest absolute Gasteiger partial charge is 0.381 e. The summed E-state index contributed by atoms with van der Waals surface area (Å²) in [6.45, 7) is 8.56. The lowest BCUT2D eigenvalue weighted by Crippen LogP contribution is -2.21. The summed E-state index contributed by atoms with van der Waals surface area (Å²) in [5.41, 5.74) is 0.645. The third kappa shape index (κ3) is 16.0. The molecule has 3 heteroatoms. The maximum Gasteiger partial charge on any atom is 0.145 e. The molecular weight excluding hydrogens is 348 g/mol. The van der Waals surface area contributed by atoms with Gasteiger partial charge in [-0.05, 0) is 43.6 Å². The van der Waals surface area contributed by atoms with Crippen LogP contribution in [0.1, 0.15) is 111 Å². The summed E-state index contributed by atoms with van der Waals surface area (Å²) in [7, 11) is 1.81. The fourth-order valence-corrected chi connectivity index (χ4v) is 3.70. The lowest BCUT2D eigenvalue weighted by molar-refractivity contribution is -0.118. The molecule has 1 saturated carbocycles. The van der Waals surface area contributed by atoms with E-state index in [-0.39, 0.29) is 5.78 Å². The van der Waals surface area contributed by atoms with Gasteiger partial charge in [0.05, 0.1) is 6.10 Å². The summed E-state index contributed by atoms with van der Waals surface area (Å²) in [6, 6.07) is 0. The molecule has 164 valence electrons. The van der Waals surface area contributed by atoms with Crippen LogP contribution in [-0.4, -0.2) is 25.3 Å². The summed E-state index contributed by atoms with van der Waals surface area (Å²) in [5, 5.41) is 0. The Morgan fingerprint density at radius 2 is 1.89 bits per heavy atom. The normalized spacial score (nSPS) is 19.9. The molecule has 2 atom stereocenters. The average Bonchev–Trinajstić information content (AvgIpc) is 2.70. The van der Waals surface area contributed by atoms with Gasteiger partial charge >= 0.3 is 0 Å². The van der Waals surface area contributed by atoms with Crippen LogP contribution in [0, 0.1) is 11.8 Å². The highest BCUT2D eigenvalue weighted by Crippen LogP contribution is 2.29. The van der Waals surface area contributed by atoms with E-state index in [4.69, 9.17) is 4.74 Å². The number of Topliss-reactive ketones (excluding diaryl/α,β-unsaturated/α-hetero) is 1. The lowest BCUT2D eigenvalue weighted by atomic mass is 9.84. The monoisotopic (exact) mass is 394 g/mol. The number of allylic oxidation sites excluding steroid dienone is 2. The molecule has 0 aromatic heterocycles. The molecule has 1 rings (SSSR count). The molecule has 0 heterocycles. The summed E-state index contributed by atoms with van der Waals surface area (Å²) in [6.07, 6.45) is 17.9. The Balaban J connectivity index is 0.000000769. The molecule has 28 heavy (non-hydrogen) atoms. The second-order valence-corrected chi connectivity index (χ2v) is 8.83. The van der Waals surface area contributed by atoms with Crippen molar-refractivity contribution in [1.29, 1.82) is 0 Å². The van der Waals surface area contributed by atoms with Gasteiger partial charge in [0.15, 0.2) is 0 Å². The molecule has 0 saturated heterocycles. The van der Waals surface area contributed by atoms with Crippen LogP contribution < -0.4 is 0 Å². The molecule has 0 N–H and O–H groups in total. The SMILES string of the molecule is CCCCCC(C)C.COC1CCCC(CCCCC(=O)C/C=C(\C)C=O)C1. The van der Waals surface area contributed by atoms with E-state index in [1.807, 2.05) is 0 Å². The highest BCUT2D eigenvalue weighted by Gasteiger charge is 2.21. The topological polar surface area (TPSA) is 43.4 Å². The molecule has 0 aromatic rings. The van der Waals surface area contributed by atoms with E-state index in [2.05, 4.69) is 20.8 Å². The standard InChI is InChI=1S/C17H28O3.C8H18/c1-14(13-18)10-11-16(19)8-4-3-6-15-7-5-9-17(12-15)20-2;1-4-5-6-7-8(2)3/h10,13,15,17H,3-9,11-12H2,1-2H3;8H,4-7H2,1-3H3/b14-10+;. The van der Waals surface area contributed by atoms with Crippen LogP contribution in [0.2, 0.25) is 0 Å². The Morgan fingerprint density at radius 1 is 1.14 bits per heavy atom. The van der Waals surface area contributed by atoms with Gasteiger partial charge in [-0.15, -0.1) is 0 Å². The lowest BCUT2D eigenvalue weighted by Gasteiger charge is -2.28. The van der Waals surface area contributed by atoms with Crippen molar-refractivity contribution >= 4 is 12.1 Å². The number of ketones is 1. The van der Waals surface area contributed by atoms with E-state index >= 15 is 0 Å². The maximum absolute atomic E-state index is 11.6. The van der Waals surface area contributed by atoms with Crippen molar-refractivity contribution < 1.29 is 14.3 Å². The number of ether oxygens (including phenoxy) is 1. The quantitative estimate of drug-likeness (QED) is 0.190. The van der Waals surface area contributed by atoms with Crippen molar-refractivity contribution in [2.75, 3.05) is 7.11 Å². The molecule has 0 radical (unpaired) electrons. The number of unbranched alkanes of at least 4 members (excludes halogenated alkanes) is 3. The van der Waals surface area contributed by atoms with Crippen LogP contribution in [0.3, 0.4) is 0 Å². The van der Waals surface area contributed by atoms with Crippen molar-refractivity contribution in [3.8, 4) is 0 Å². The number of carbonyl (C=O) groups is 2. The molecule has 0 aliphatic heterocycles. The van der Waals surface area contributed by atoms with Gasteiger partial charge < -0.3 is 4.74 Å². The predicted octanol–water partition coefficient (Wildman–Crippen LogP) is 7.08. The van der Waals surface area contributed by atoms with E-state index in [0.29, 0.717) is 24.5 Å². The Bertz CT molecular complexity index is 426. The van der Waals surface area contributed by atoms with E-state index < -0.39 is 0 Å². The zero-order valence-corrected chi connectivity index (χ0v) is 19.3. The zero-order chi connectivity index (χ0) is 21.2. The number of hydrogen-bond donors (Lipinski definition) is 0. The first-order chi connectivity index (χ1) is 13.4. The second-order valence-electron chi connectivity index (χ2n) is 8.83. The Kier molecular flexibility index (Phi) is 17.5. The minimum atomic E-state index is 0.240. The second kappa shape index (κ2) is 18.1. The molecule has 1 fully saturated rings. The molecule has 0 spiro atoms. The average molecular weight is 395 g/mol. The number of aldehydes is 1. The summed E-state index contributed by atoms with van der Waals surface area (Å²) in [4.78, 5) is 22.0. The van der Waals surface area contributed by atoms with Crippen molar-refractivity contribution in [2.45, 2.75) is 117 Å². The van der Waals surface area contributed by atoms with Gasteiger partial charge in [0.2, 0.25) is 0 Å². The van der Waals surface area contributed by atoms with E-state index in [9.17, 15) is 9.59 Å². The summed E-state index contributed by atoms with van der Waals surface area (Å²) < 4.78 is 5.44. The molecule has 0 aromatic carbocycles. The van der Waals surface area contributed by atoms with Crippen LogP contribution >= 0.6 is 0 Å². The minimum absolute atomic E-state index is 0.240. The predicted molar refractivity (Wildman–Crippen MR) is 120 cm³/mol. The van der Waals surface area contributed by atoms with E-state index in [1.54, 1.807) is 20.1 Å². The van der Waals surface area contributed by atoms with Gasteiger partial charge in [-0.25, -0.2) is 0 Å². The maximum atomic E-state index is 11.6. The number of methoxy groups -OCH3 is 1. The van der Waals surface area contributed by atoms with E-state index in [1.165, 1.54) is 57.8 Å². The van der Waals surface area contributed by atoms with Crippen LogP contribution in [0.5, 0.6) is 0 Å². The molecular formula is C25H46O3. The number of hydrogen-bond acceptors (Lipinski definition) is 3. The molecule has 3 nitrogen and oxygen atoms in total. The van der Waals surface area contributed by atoms with Crippen LogP contribution in [0.15, 0.2) is 11.6 Å². The third-order valence-corrected chi connectivity index (χ3v) is 5.61. The smallest absolute Gasteiger partial charge is 0.145 e. The summed E-state index contributed by atoms with van der Waals surface area (Å²) in [5.74, 6) is 1.92. The van der Waals surface area contributed by atoms with Gasteiger partial charge in [0.25, 0.3) is 0 Å². The van der Waals surface area contributed by atoms with Crippen molar-refractivity contribution in [1.82, 2.24) is 0 Å². The van der Waals surface area contributed by atoms with Gasteiger partial charge in [-0.2, -0.15) is 0 Å². The molecule has 2 unspecified atom stereocenters. The Morgan fingerprint density at radius 3 is 2.50 bits per heavy atom. The molecule has 1 aliphatic carbocycles. The first-order valence-corrected chi connectivity index (χ1v) is 11.6. The fourth-order valence-electron chi connectivity index (χ4n) is 3.70. The van der Waals surface area contributed by atoms with Crippen molar-refractivity contribution in [3.63, 3.8) is 0 Å². The van der Waals surface area contributed by atoms with Gasteiger partial charge in [-0.3, -0.25) is 9.59 Å². The molecule has 0 bridgehead atoms. The minimum Gasteiger partial charge on any atom is -0.381 e. The third-order valence-electron chi connectivity index (χ3n) is 5.61. The van der Waals surface area contributed by atoms with Crippen molar-refractivity contribution in [3.05, 3.63) is 11.6 Å². The first kappa shape index (κ1) is 27.0. The van der Waals surface area contributed by atoms with Gasteiger partial charge in [0, 0.05) is 20.0 Å². The Labute approximate surface area is 174 Å². The zero-order valence-electron chi connectivity index (χ0n) is 19.3. The summed E-state index contributed by atoms with van der Waals surface area (Å²) >= 11 is 0. The van der Waals surface area contributed by atoms with E-state index in [0.717, 1.165) is 31.0 Å². The molecule has 0 amide bonds. The van der Waals surface area contributed by atoms with Crippen LogP contribution in [0.25, 0.3) is 0 Å². The highest BCUT2D eigenvalue weighted by atomic mass is 16.5.